The first-order chi connectivity index (χ1) is 10.2. The molecule has 0 bridgehead atoms. The maximum Gasteiger partial charge on any atom is 0.223 e. The van der Waals surface area contributed by atoms with Gasteiger partial charge in [-0.1, -0.05) is 38.0 Å². The van der Waals surface area contributed by atoms with Gasteiger partial charge in [-0.25, -0.2) is 0 Å². The molecule has 1 aliphatic carbocycles. The van der Waals surface area contributed by atoms with Crippen LogP contribution in [0.3, 0.4) is 0 Å². The van der Waals surface area contributed by atoms with Crippen molar-refractivity contribution in [3.8, 4) is 0 Å². The van der Waals surface area contributed by atoms with Crippen LogP contribution in [0.15, 0.2) is 36.5 Å². The summed E-state index contributed by atoms with van der Waals surface area (Å²) >= 11 is 0. The summed E-state index contributed by atoms with van der Waals surface area (Å²) in [6, 6.07) is 10.2. The van der Waals surface area contributed by atoms with E-state index in [9.17, 15) is 4.79 Å². The van der Waals surface area contributed by atoms with Gasteiger partial charge >= 0.3 is 0 Å². The van der Waals surface area contributed by atoms with Crippen molar-refractivity contribution >= 4 is 16.8 Å². The van der Waals surface area contributed by atoms with E-state index in [1.165, 1.54) is 12.8 Å². The van der Waals surface area contributed by atoms with E-state index in [-0.39, 0.29) is 11.8 Å². The number of rotatable bonds is 3. The molecule has 1 aromatic carbocycles. The second kappa shape index (κ2) is 6.25. The Balaban J connectivity index is 1.61. The van der Waals surface area contributed by atoms with Gasteiger partial charge in [-0.3, -0.25) is 9.78 Å². The van der Waals surface area contributed by atoms with Crippen LogP contribution in [0, 0.1) is 11.8 Å². The quantitative estimate of drug-likeness (QED) is 0.933. The Hall–Kier alpha value is -1.90. The molecule has 3 heteroatoms. The van der Waals surface area contributed by atoms with Crippen molar-refractivity contribution in [1.29, 1.82) is 0 Å². The van der Waals surface area contributed by atoms with Crippen LogP contribution in [-0.2, 0) is 11.3 Å². The van der Waals surface area contributed by atoms with Gasteiger partial charge in [0.2, 0.25) is 5.91 Å². The van der Waals surface area contributed by atoms with E-state index in [1.807, 2.05) is 24.4 Å². The van der Waals surface area contributed by atoms with Crippen molar-refractivity contribution in [3.05, 3.63) is 42.1 Å². The van der Waals surface area contributed by atoms with E-state index >= 15 is 0 Å². The molecule has 3 rings (SSSR count). The normalized spacial score (nSPS) is 22.1. The first-order valence-electron chi connectivity index (χ1n) is 7.84. The number of fused-ring (bicyclic) bond motifs is 1. The molecule has 1 fully saturated rings. The molecule has 0 spiro atoms. The molecule has 2 atom stereocenters. The van der Waals surface area contributed by atoms with E-state index in [1.54, 1.807) is 0 Å². The van der Waals surface area contributed by atoms with Gasteiger partial charge in [0.25, 0.3) is 0 Å². The number of hydrogen-bond donors (Lipinski definition) is 1. The topological polar surface area (TPSA) is 42.0 Å². The summed E-state index contributed by atoms with van der Waals surface area (Å²) in [7, 11) is 0. The molecule has 0 radical (unpaired) electrons. The summed E-state index contributed by atoms with van der Waals surface area (Å²) in [6.07, 6.45) is 6.36. The number of nitrogens with zero attached hydrogens (tertiary/aromatic N) is 1. The van der Waals surface area contributed by atoms with Gasteiger partial charge in [0.15, 0.2) is 0 Å². The zero-order valence-corrected chi connectivity index (χ0v) is 12.5. The lowest BCUT2D eigenvalue weighted by atomic mass is 9.82. The van der Waals surface area contributed by atoms with Crippen molar-refractivity contribution < 1.29 is 4.79 Å². The fourth-order valence-electron chi connectivity index (χ4n) is 3.22. The highest BCUT2D eigenvalue weighted by Gasteiger charge is 2.24. The Kier molecular flexibility index (Phi) is 4.18. The van der Waals surface area contributed by atoms with Crippen molar-refractivity contribution in [3.63, 3.8) is 0 Å². The molecule has 1 heterocycles. The lowest BCUT2D eigenvalue weighted by molar-refractivity contribution is -0.126. The third kappa shape index (κ3) is 3.41. The van der Waals surface area contributed by atoms with Crippen molar-refractivity contribution in [2.75, 3.05) is 0 Å². The number of hydrogen-bond acceptors (Lipinski definition) is 2. The van der Waals surface area contributed by atoms with E-state index < -0.39 is 0 Å². The highest BCUT2D eigenvalue weighted by Crippen LogP contribution is 2.28. The second-order valence-electron chi connectivity index (χ2n) is 6.22. The summed E-state index contributed by atoms with van der Waals surface area (Å²) in [4.78, 5) is 16.7. The number of amides is 1. The van der Waals surface area contributed by atoms with Gasteiger partial charge < -0.3 is 5.32 Å². The molecule has 2 aromatic rings. The molecule has 1 unspecified atom stereocenters. The van der Waals surface area contributed by atoms with Gasteiger partial charge in [-0.2, -0.15) is 0 Å². The number of para-hydroxylation sites is 1. The van der Waals surface area contributed by atoms with E-state index in [4.69, 9.17) is 0 Å². The molecule has 110 valence electrons. The standard InChI is InChI=1S/C18H22N2O/c1-13-5-4-7-16(9-13)18(21)20-12-14-10-15-6-2-3-8-17(15)19-11-14/h2-3,6,8,10-11,13,16H,4-5,7,9,12H2,1H3,(H,20,21)/t13-,16?/m1/s1. The zero-order chi connectivity index (χ0) is 14.7. The number of benzene rings is 1. The fourth-order valence-corrected chi connectivity index (χ4v) is 3.22. The van der Waals surface area contributed by atoms with Crippen LogP contribution >= 0.6 is 0 Å². The van der Waals surface area contributed by atoms with Crippen molar-refractivity contribution in [1.82, 2.24) is 10.3 Å². The van der Waals surface area contributed by atoms with Crippen LogP contribution in [0.1, 0.15) is 38.2 Å². The third-order valence-corrected chi connectivity index (χ3v) is 4.42. The average molecular weight is 282 g/mol. The molecule has 1 saturated carbocycles. The van der Waals surface area contributed by atoms with Gasteiger partial charge in [-0.05, 0) is 36.5 Å². The number of carbonyl (C=O) groups is 1. The van der Waals surface area contributed by atoms with Crippen LogP contribution in [0.5, 0.6) is 0 Å². The molecule has 1 amide bonds. The highest BCUT2D eigenvalue weighted by atomic mass is 16.1. The van der Waals surface area contributed by atoms with Gasteiger partial charge in [0, 0.05) is 24.0 Å². The minimum atomic E-state index is 0.196. The van der Waals surface area contributed by atoms with Crippen LogP contribution in [0.2, 0.25) is 0 Å². The summed E-state index contributed by atoms with van der Waals surface area (Å²) in [6.45, 7) is 2.81. The molecular formula is C18H22N2O. The van der Waals surface area contributed by atoms with Gasteiger partial charge in [0.05, 0.1) is 5.52 Å². The molecule has 3 nitrogen and oxygen atoms in total. The predicted molar refractivity (Wildman–Crippen MR) is 84.7 cm³/mol. The summed E-state index contributed by atoms with van der Waals surface area (Å²) in [5.74, 6) is 1.08. The first-order valence-corrected chi connectivity index (χ1v) is 7.84. The Morgan fingerprint density at radius 2 is 2.19 bits per heavy atom. The maximum absolute atomic E-state index is 12.2. The minimum Gasteiger partial charge on any atom is -0.352 e. The molecule has 1 N–H and O–H groups in total. The lowest BCUT2D eigenvalue weighted by Gasteiger charge is -2.25. The SMILES string of the molecule is C[C@@H]1CCCC(C(=O)NCc2cnc3ccccc3c2)C1. The molecule has 21 heavy (non-hydrogen) atoms. The predicted octanol–water partition coefficient (Wildman–Crippen LogP) is 3.68. The molecule has 0 saturated heterocycles. The van der Waals surface area contributed by atoms with E-state index in [0.29, 0.717) is 12.5 Å². The molecule has 1 aliphatic rings. The molecule has 1 aromatic heterocycles. The Bertz CT molecular complexity index is 638. The Labute approximate surface area is 125 Å². The number of carbonyl (C=O) groups excluding carboxylic acids is 1. The highest BCUT2D eigenvalue weighted by molar-refractivity contribution is 5.80. The largest absolute Gasteiger partial charge is 0.352 e. The second-order valence-corrected chi connectivity index (χ2v) is 6.22. The van der Waals surface area contributed by atoms with Gasteiger partial charge in [0.1, 0.15) is 0 Å². The number of nitrogens with one attached hydrogen (secondary N) is 1. The first kappa shape index (κ1) is 14.1. The zero-order valence-electron chi connectivity index (χ0n) is 12.5. The van der Waals surface area contributed by atoms with Crippen LogP contribution in [0.25, 0.3) is 10.9 Å². The lowest BCUT2D eigenvalue weighted by Crippen LogP contribution is -2.33. The summed E-state index contributed by atoms with van der Waals surface area (Å²) in [5, 5.41) is 4.20. The van der Waals surface area contributed by atoms with E-state index in [2.05, 4.69) is 29.4 Å². The average Bonchev–Trinajstić information content (AvgIpc) is 2.52. The number of aromatic nitrogens is 1. The summed E-state index contributed by atoms with van der Waals surface area (Å²) in [5.41, 5.74) is 2.06. The van der Waals surface area contributed by atoms with E-state index in [0.717, 1.165) is 29.3 Å². The van der Waals surface area contributed by atoms with Crippen molar-refractivity contribution in [2.45, 2.75) is 39.2 Å². The third-order valence-electron chi connectivity index (χ3n) is 4.42. The smallest absolute Gasteiger partial charge is 0.223 e. The Morgan fingerprint density at radius 1 is 1.33 bits per heavy atom. The fraction of sp³-hybridized carbons (Fsp3) is 0.444. The summed E-state index contributed by atoms with van der Waals surface area (Å²) < 4.78 is 0. The van der Waals surface area contributed by atoms with Crippen LogP contribution in [-0.4, -0.2) is 10.9 Å². The number of pyridine rings is 1. The monoisotopic (exact) mass is 282 g/mol. The Morgan fingerprint density at radius 3 is 3.05 bits per heavy atom. The molecule has 0 aliphatic heterocycles. The van der Waals surface area contributed by atoms with Crippen LogP contribution in [0.4, 0.5) is 0 Å². The minimum absolute atomic E-state index is 0.196. The maximum atomic E-state index is 12.2. The van der Waals surface area contributed by atoms with Crippen LogP contribution < -0.4 is 5.32 Å². The van der Waals surface area contributed by atoms with Crippen molar-refractivity contribution in [2.24, 2.45) is 11.8 Å². The van der Waals surface area contributed by atoms with Gasteiger partial charge in [-0.15, -0.1) is 0 Å². The molecular weight excluding hydrogens is 260 g/mol.